The van der Waals surface area contributed by atoms with E-state index in [-0.39, 0.29) is 5.91 Å². The van der Waals surface area contributed by atoms with Crippen molar-refractivity contribution in [2.24, 2.45) is 0 Å². The van der Waals surface area contributed by atoms with E-state index in [9.17, 15) is 4.79 Å². The fourth-order valence-electron chi connectivity index (χ4n) is 2.45. The van der Waals surface area contributed by atoms with Crippen LogP contribution in [-0.4, -0.2) is 44.0 Å². The summed E-state index contributed by atoms with van der Waals surface area (Å²) in [5, 5.41) is 3.13. The molecule has 5 heteroatoms. The van der Waals surface area contributed by atoms with Gasteiger partial charge in [-0.2, -0.15) is 0 Å². The molecular formula is C14H22N4O. The van der Waals surface area contributed by atoms with Gasteiger partial charge in [0.05, 0.1) is 11.4 Å². The number of nitrogens with two attached hydrogens (primary N) is 1. The molecule has 0 atom stereocenters. The Hall–Kier alpha value is -1.91. The number of anilines is 3. The average molecular weight is 262 g/mol. The van der Waals surface area contributed by atoms with E-state index in [2.05, 4.69) is 22.3 Å². The first-order valence-corrected chi connectivity index (χ1v) is 6.61. The Bertz CT molecular complexity index is 479. The van der Waals surface area contributed by atoms with Crippen molar-refractivity contribution in [1.82, 2.24) is 4.90 Å². The highest BCUT2D eigenvalue weighted by atomic mass is 16.2. The van der Waals surface area contributed by atoms with Gasteiger partial charge in [0.2, 0.25) is 5.91 Å². The second kappa shape index (κ2) is 5.38. The van der Waals surface area contributed by atoms with Gasteiger partial charge in [0.15, 0.2) is 0 Å². The summed E-state index contributed by atoms with van der Waals surface area (Å²) < 4.78 is 0. The first kappa shape index (κ1) is 13.5. The van der Waals surface area contributed by atoms with Gasteiger partial charge in [-0.15, -0.1) is 0 Å². The molecule has 0 aromatic heterocycles. The fraction of sp³-hybridized carbons (Fsp3) is 0.500. The van der Waals surface area contributed by atoms with Crippen molar-refractivity contribution in [2.45, 2.75) is 13.8 Å². The van der Waals surface area contributed by atoms with Gasteiger partial charge in [0, 0.05) is 45.8 Å². The molecule has 0 saturated carbocycles. The van der Waals surface area contributed by atoms with Gasteiger partial charge in [0.25, 0.3) is 0 Å². The van der Waals surface area contributed by atoms with Gasteiger partial charge in [-0.1, -0.05) is 0 Å². The van der Waals surface area contributed by atoms with Gasteiger partial charge >= 0.3 is 0 Å². The number of piperazine rings is 1. The molecule has 1 aliphatic heterocycles. The minimum atomic E-state index is 0.157. The van der Waals surface area contributed by atoms with Crippen LogP contribution in [0.2, 0.25) is 0 Å². The third kappa shape index (κ3) is 2.75. The molecule has 1 fully saturated rings. The summed E-state index contributed by atoms with van der Waals surface area (Å²) in [7, 11) is 1.88. The number of nitrogens with one attached hydrogen (secondary N) is 1. The van der Waals surface area contributed by atoms with E-state index in [0.29, 0.717) is 0 Å². The second-order valence-corrected chi connectivity index (χ2v) is 4.97. The van der Waals surface area contributed by atoms with E-state index in [1.54, 1.807) is 6.92 Å². The summed E-state index contributed by atoms with van der Waals surface area (Å²) in [5.74, 6) is 0.157. The number of amides is 1. The summed E-state index contributed by atoms with van der Waals surface area (Å²) >= 11 is 0. The van der Waals surface area contributed by atoms with Crippen LogP contribution in [0.3, 0.4) is 0 Å². The zero-order valence-corrected chi connectivity index (χ0v) is 11.9. The van der Waals surface area contributed by atoms with Gasteiger partial charge in [-0.3, -0.25) is 4.79 Å². The number of nitrogen functional groups attached to an aromatic ring is 1. The van der Waals surface area contributed by atoms with Crippen LogP contribution in [0, 0.1) is 6.92 Å². The van der Waals surface area contributed by atoms with E-state index < -0.39 is 0 Å². The molecule has 0 bridgehead atoms. The van der Waals surface area contributed by atoms with Crippen molar-refractivity contribution in [3.8, 4) is 0 Å². The normalized spacial score (nSPS) is 15.5. The lowest BCUT2D eigenvalue weighted by Gasteiger charge is -2.36. The minimum absolute atomic E-state index is 0.157. The zero-order chi connectivity index (χ0) is 14.0. The van der Waals surface area contributed by atoms with Crippen molar-refractivity contribution in [3.05, 3.63) is 17.7 Å². The highest BCUT2D eigenvalue weighted by molar-refractivity contribution is 5.76. The molecule has 0 radical (unpaired) electrons. The molecule has 0 aliphatic carbocycles. The predicted octanol–water partition coefficient (Wildman–Crippen LogP) is 1.29. The molecule has 0 spiro atoms. The smallest absolute Gasteiger partial charge is 0.219 e. The Morgan fingerprint density at radius 3 is 2.42 bits per heavy atom. The van der Waals surface area contributed by atoms with Crippen LogP contribution in [-0.2, 0) is 4.79 Å². The van der Waals surface area contributed by atoms with Crippen molar-refractivity contribution >= 4 is 23.0 Å². The van der Waals surface area contributed by atoms with E-state index in [0.717, 1.165) is 43.1 Å². The van der Waals surface area contributed by atoms with Crippen LogP contribution in [0.1, 0.15) is 12.5 Å². The highest BCUT2D eigenvalue weighted by Crippen LogP contribution is 2.29. The van der Waals surface area contributed by atoms with Crippen LogP contribution in [0.15, 0.2) is 12.1 Å². The molecule has 1 heterocycles. The first-order chi connectivity index (χ1) is 9.02. The lowest BCUT2D eigenvalue weighted by molar-refractivity contribution is -0.129. The topological polar surface area (TPSA) is 61.6 Å². The predicted molar refractivity (Wildman–Crippen MR) is 79.6 cm³/mol. The zero-order valence-electron chi connectivity index (χ0n) is 11.9. The number of hydrogen-bond donors (Lipinski definition) is 2. The number of benzene rings is 1. The largest absolute Gasteiger partial charge is 0.397 e. The second-order valence-electron chi connectivity index (χ2n) is 4.97. The van der Waals surface area contributed by atoms with E-state index in [1.807, 2.05) is 18.9 Å². The van der Waals surface area contributed by atoms with Crippen molar-refractivity contribution < 1.29 is 4.79 Å². The standard InChI is InChI=1S/C14H22N4O/c1-10-8-12(9-13(16-3)14(10)15)18-6-4-17(5-7-18)11(2)19/h8-9,16H,4-7,15H2,1-3H3. The third-order valence-electron chi connectivity index (χ3n) is 3.73. The van der Waals surface area contributed by atoms with Crippen LogP contribution in [0.4, 0.5) is 17.1 Å². The number of hydrogen-bond acceptors (Lipinski definition) is 4. The van der Waals surface area contributed by atoms with Crippen LogP contribution >= 0.6 is 0 Å². The van der Waals surface area contributed by atoms with Crippen LogP contribution < -0.4 is 16.0 Å². The van der Waals surface area contributed by atoms with Crippen LogP contribution in [0.25, 0.3) is 0 Å². The summed E-state index contributed by atoms with van der Waals surface area (Å²) in [6, 6.07) is 4.19. The Balaban J connectivity index is 2.15. The Labute approximate surface area is 114 Å². The quantitative estimate of drug-likeness (QED) is 0.788. The summed E-state index contributed by atoms with van der Waals surface area (Å²) in [4.78, 5) is 15.5. The molecule has 1 aliphatic rings. The number of rotatable bonds is 2. The van der Waals surface area contributed by atoms with Gasteiger partial charge in [-0.05, 0) is 24.6 Å². The summed E-state index contributed by atoms with van der Waals surface area (Å²) in [6.45, 7) is 6.95. The SMILES string of the molecule is CNc1cc(N2CCN(C(C)=O)CC2)cc(C)c1N. The number of nitrogens with zero attached hydrogens (tertiary/aromatic N) is 2. The molecule has 104 valence electrons. The third-order valence-corrected chi connectivity index (χ3v) is 3.73. The molecular weight excluding hydrogens is 240 g/mol. The lowest BCUT2D eigenvalue weighted by Crippen LogP contribution is -2.48. The summed E-state index contributed by atoms with van der Waals surface area (Å²) in [6.07, 6.45) is 0. The maximum absolute atomic E-state index is 11.3. The molecule has 1 aromatic rings. The Morgan fingerprint density at radius 2 is 1.89 bits per heavy atom. The molecule has 19 heavy (non-hydrogen) atoms. The van der Waals surface area contributed by atoms with E-state index in [4.69, 9.17) is 5.73 Å². The molecule has 0 unspecified atom stereocenters. The molecule has 1 saturated heterocycles. The van der Waals surface area contributed by atoms with E-state index >= 15 is 0 Å². The highest BCUT2D eigenvalue weighted by Gasteiger charge is 2.19. The van der Waals surface area contributed by atoms with E-state index in [1.165, 1.54) is 5.69 Å². The first-order valence-electron chi connectivity index (χ1n) is 6.61. The summed E-state index contributed by atoms with van der Waals surface area (Å²) in [5.41, 5.74) is 10.0. The van der Waals surface area contributed by atoms with Gasteiger partial charge in [0.1, 0.15) is 0 Å². The average Bonchev–Trinajstić information content (AvgIpc) is 2.41. The van der Waals surface area contributed by atoms with Gasteiger partial charge in [-0.25, -0.2) is 0 Å². The maximum atomic E-state index is 11.3. The number of aryl methyl sites for hydroxylation is 1. The lowest BCUT2D eigenvalue weighted by atomic mass is 10.1. The molecule has 1 aromatic carbocycles. The maximum Gasteiger partial charge on any atom is 0.219 e. The fourth-order valence-corrected chi connectivity index (χ4v) is 2.45. The van der Waals surface area contributed by atoms with Gasteiger partial charge < -0.3 is 20.9 Å². The van der Waals surface area contributed by atoms with Crippen LogP contribution in [0.5, 0.6) is 0 Å². The van der Waals surface area contributed by atoms with Crippen molar-refractivity contribution in [2.75, 3.05) is 49.2 Å². The number of carbonyl (C=O) groups excluding carboxylic acids is 1. The molecule has 3 N–H and O–H groups in total. The van der Waals surface area contributed by atoms with Crippen molar-refractivity contribution in [3.63, 3.8) is 0 Å². The van der Waals surface area contributed by atoms with Crippen molar-refractivity contribution in [1.29, 1.82) is 0 Å². The Morgan fingerprint density at radius 1 is 1.26 bits per heavy atom. The minimum Gasteiger partial charge on any atom is -0.397 e. The number of carbonyl (C=O) groups is 1. The Kier molecular flexibility index (Phi) is 3.83. The molecule has 1 amide bonds. The molecule has 5 nitrogen and oxygen atoms in total. The molecule has 2 rings (SSSR count). The monoisotopic (exact) mass is 262 g/mol.